The minimum atomic E-state index is -0.432. The Labute approximate surface area is 204 Å². The maximum atomic E-state index is 16.0. The molecule has 9 heteroatoms. The number of hydrogen-bond donors (Lipinski definition) is 3. The van der Waals surface area contributed by atoms with E-state index < -0.39 is 5.82 Å². The average molecular weight is 482 g/mol. The summed E-state index contributed by atoms with van der Waals surface area (Å²) in [5.74, 6) is -0.414. The van der Waals surface area contributed by atoms with Crippen LogP contribution in [0.25, 0.3) is 55.8 Å². The van der Waals surface area contributed by atoms with Crippen LogP contribution in [0.5, 0.6) is 0 Å². The molecule has 0 aliphatic carbocycles. The molecule has 0 unspecified atom stereocenters. The number of nitrogens with one attached hydrogen (secondary N) is 3. The van der Waals surface area contributed by atoms with Crippen LogP contribution in [0.3, 0.4) is 0 Å². The molecule has 0 atom stereocenters. The fourth-order valence-electron chi connectivity index (χ4n) is 4.39. The molecule has 36 heavy (non-hydrogen) atoms. The highest BCUT2D eigenvalue weighted by atomic mass is 19.1. The van der Waals surface area contributed by atoms with Crippen molar-refractivity contribution in [2.75, 3.05) is 5.32 Å². The highest BCUT2D eigenvalue weighted by molar-refractivity contribution is 5.98. The van der Waals surface area contributed by atoms with Crippen LogP contribution >= 0.6 is 0 Å². The number of H-pyrrole nitrogens is 2. The molecule has 0 bridgehead atoms. The summed E-state index contributed by atoms with van der Waals surface area (Å²) in [6.07, 6.45) is 4.95. The molecule has 3 N–H and O–H groups in total. The smallest absolute Gasteiger partial charge is 0.178 e. The molecule has 0 radical (unpaired) electrons. The van der Waals surface area contributed by atoms with E-state index in [1.54, 1.807) is 42.9 Å². The normalized spacial score (nSPS) is 11.6. The number of aromatic amines is 2. The third kappa shape index (κ3) is 3.74. The van der Waals surface area contributed by atoms with Gasteiger partial charge in [0.25, 0.3) is 0 Å². The van der Waals surface area contributed by atoms with Gasteiger partial charge in [0, 0.05) is 41.3 Å². The molecular formula is C27H21F2N7. The Morgan fingerprint density at radius 3 is 2.67 bits per heavy atom. The molecule has 0 aliphatic rings. The average Bonchev–Trinajstić information content (AvgIpc) is 3.48. The molecule has 4 heterocycles. The van der Waals surface area contributed by atoms with Gasteiger partial charge in [-0.1, -0.05) is 12.1 Å². The maximum absolute atomic E-state index is 16.0. The molecular weight excluding hydrogens is 460 g/mol. The number of hydrogen-bond acceptors (Lipinski definition) is 5. The van der Waals surface area contributed by atoms with Gasteiger partial charge in [-0.05, 0) is 55.8 Å². The predicted octanol–water partition coefficient (Wildman–Crippen LogP) is 6.33. The minimum absolute atomic E-state index is 0.216. The van der Waals surface area contributed by atoms with E-state index in [-0.39, 0.29) is 11.9 Å². The van der Waals surface area contributed by atoms with E-state index in [0.29, 0.717) is 50.3 Å². The number of imidazole rings is 1. The van der Waals surface area contributed by atoms with E-state index in [1.165, 1.54) is 12.1 Å². The highest BCUT2D eigenvalue weighted by Crippen LogP contribution is 2.35. The molecule has 0 amide bonds. The topological polar surface area (TPSA) is 95.2 Å². The van der Waals surface area contributed by atoms with Crippen molar-refractivity contribution in [3.05, 3.63) is 78.8 Å². The van der Waals surface area contributed by atoms with Gasteiger partial charge in [-0.2, -0.15) is 5.10 Å². The Balaban J connectivity index is 1.49. The lowest BCUT2D eigenvalue weighted by Gasteiger charge is -2.11. The molecule has 4 aromatic heterocycles. The van der Waals surface area contributed by atoms with Crippen LogP contribution in [-0.4, -0.2) is 36.2 Å². The van der Waals surface area contributed by atoms with Crippen molar-refractivity contribution >= 4 is 27.8 Å². The van der Waals surface area contributed by atoms with E-state index in [4.69, 9.17) is 0 Å². The fraction of sp³-hybridized carbons (Fsp3) is 0.111. The van der Waals surface area contributed by atoms with E-state index in [0.717, 1.165) is 11.3 Å². The van der Waals surface area contributed by atoms with E-state index in [9.17, 15) is 4.39 Å². The third-order valence-electron chi connectivity index (χ3n) is 5.92. The Bertz CT molecular complexity index is 1740. The summed E-state index contributed by atoms with van der Waals surface area (Å²) in [6.45, 7) is 4.05. The lowest BCUT2D eigenvalue weighted by molar-refractivity contribution is 0.628. The SMILES string of the molecule is CC(C)Nc1cncc(-c2ccc3[nH]nc(-c4nc5nccc(-c6cccc(F)c6)c5[nH]4)c3c2F)c1. The second-order valence-electron chi connectivity index (χ2n) is 8.84. The van der Waals surface area contributed by atoms with Crippen molar-refractivity contribution in [2.45, 2.75) is 19.9 Å². The summed E-state index contributed by atoms with van der Waals surface area (Å²) < 4.78 is 29.8. The number of halogens is 2. The van der Waals surface area contributed by atoms with Gasteiger partial charge in [-0.3, -0.25) is 10.1 Å². The van der Waals surface area contributed by atoms with Crippen molar-refractivity contribution < 1.29 is 8.78 Å². The van der Waals surface area contributed by atoms with Crippen molar-refractivity contribution in [3.63, 3.8) is 0 Å². The van der Waals surface area contributed by atoms with Crippen molar-refractivity contribution in [3.8, 4) is 33.8 Å². The first-order valence-electron chi connectivity index (χ1n) is 11.5. The Hall–Kier alpha value is -4.66. The van der Waals surface area contributed by atoms with E-state index >= 15 is 4.39 Å². The summed E-state index contributed by atoms with van der Waals surface area (Å²) in [6, 6.07) is 13.6. The maximum Gasteiger partial charge on any atom is 0.178 e. The minimum Gasteiger partial charge on any atom is -0.382 e. The molecule has 178 valence electrons. The molecule has 0 aliphatic heterocycles. The van der Waals surface area contributed by atoms with Crippen LogP contribution in [-0.2, 0) is 0 Å². The van der Waals surface area contributed by atoms with Crippen LogP contribution in [0.15, 0.2) is 67.1 Å². The number of benzene rings is 2. The largest absolute Gasteiger partial charge is 0.382 e. The second-order valence-corrected chi connectivity index (χ2v) is 8.84. The molecule has 0 spiro atoms. The van der Waals surface area contributed by atoms with Crippen molar-refractivity contribution in [1.82, 2.24) is 30.1 Å². The van der Waals surface area contributed by atoms with Crippen LogP contribution in [0.2, 0.25) is 0 Å². The van der Waals surface area contributed by atoms with Gasteiger partial charge in [-0.15, -0.1) is 0 Å². The van der Waals surface area contributed by atoms with E-state index in [2.05, 4.69) is 35.5 Å². The zero-order valence-electron chi connectivity index (χ0n) is 19.5. The van der Waals surface area contributed by atoms with Crippen LogP contribution in [0.1, 0.15) is 13.8 Å². The first-order valence-corrected chi connectivity index (χ1v) is 11.5. The van der Waals surface area contributed by atoms with Gasteiger partial charge in [0.2, 0.25) is 0 Å². The number of fused-ring (bicyclic) bond motifs is 2. The fourth-order valence-corrected chi connectivity index (χ4v) is 4.39. The summed E-state index contributed by atoms with van der Waals surface area (Å²) in [5.41, 5.74) is 5.18. The predicted molar refractivity (Wildman–Crippen MR) is 136 cm³/mol. The van der Waals surface area contributed by atoms with Gasteiger partial charge in [-0.25, -0.2) is 18.7 Å². The summed E-state index contributed by atoms with van der Waals surface area (Å²) in [4.78, 5) is 16.4. The van der Waals surface area contributed by atoms with Gasteiger partial charge in [0.1, 0.15) is 17.3 Å². The Morgan fingerprint density at radius 1 is 0.944 bits per heavy atom. The number of anilines is 1. The van der Waals surface area contributed by atoms with Gasteiger partial charge in [0.15, 0.2) is 11.5 Å². The number of rotatable bonds is 5. The monoisotopic (exact) mass is 481 g/mol. The molecule has 0 saturated heterocycles. The molecule has 0 fully saturated rings. The van der Waals surface area contributed by atoms with Gasteiger partial charge in [0.05, 0.1) is 22.1 Å². The standard InChI is InChI=1S/C27H21F2N7/c1-14(2)32-18-11-16(12-30-13-18)19-6-7-21-22(23(19)29)25(36-35-21)27-33-24-20(8-9-31-26(24)34-27)15-4-3-5-17(28)10-15/h3-14,32H,1-2H3,(H,35,36)(H,31,33,34). The number of pyridine rings is 2. The molecule has 0 saturated carbocycles. The van der Waals surface area contributed by atoms with Gasteiger partial charge >= 0.3 is 0 Å². The van der Waals surface area contributed by atoms with Crippen LogP contribution in [0, 0.1) is 11.6 Å². The van der Waals surface area contributed by atoms with Crippen LogP contribution in [0.4, 0.5) is 14.5 Å². The second kappa shape index (κ2) is 8.53. The van der Waals surface area contributed by atoms with E-state index in [1.807, 2.05) is 26.0 Å². The number of nitrogens with zero attached hydrogens (tertiary/aromatic N) is 4. The van der Waals surface area contributed by atoms with Crippen molar-refractivity contribution in [1.29, 1.82) is 0 Å². The Kier molecular flexibility index (Phi) is 5.18. The number of aromatic nitrogens is 6. The lowest BCUT2D eigenvalue weighted by atomic mass is 10.0. The van der Waals surface area contributed by atoms with Gasteiger partial charge < -0.3 is 10.3 Å². The molecule has 7 nitrogen and oxygen atoms in total. The zero-order chi connectivity index (χ0) is 24.8. The zero-order valence-corrected chi connectivity index (χ0v) is 19.5. The van der Waals surface area contributed by atoms with Crippen molar-refractivity contribution in [2.24, 2.45) is 0 Å². The first-order chi connectivity index (χ1) is 17.5. The summed E-state index contributed by atoms with van der Waals surface area (Å²) >= 11 is 0. The summed E-state index contributed by atoms with van der Waals surface area (Å²) in [5, 5.41) is 10.8. The highest BCUT2D eigenvalue weighted by Gasteiger charge is 2.21. The van der Waals surface area contributed by atoms with Crippen LogP contribution < -0.4 is 5.32 Å². The first kappa shape index (κ1) is 21.8. The lowest BCUT2D eigenvalue weighted by Crippen LogP contribution is -2.09. The quantitative estimate of drug-likeness (QED) is 0.268. The molecule has 6 rings (SSSR count). The molecule has 2 aromatic carbocycles. The molecule has 6 aromatic rings. The summed E-state index contributed by atoms with van der Waals surface area (Å²) in [7, 11) is 0. The third-order valence-corrected chi connectivity index (χ3v) is 5.92. The Morgan fingerprint density at radius 2 is 1.83 bits per heavy atom.